The molecule has 1 amide bonds. The molecule has 0 aromatic carbocycles. The summed E-state index contributed by atoms with van der Waals surface area (Å²) in [5.41, 5.74) is 0. The van der Waals surface area contributed by atoms with E-state index in [-0.39, 0.29) is 5.91 Å². The average molecular weight is 128 g/mol. The first kappa shape index (κ1) is 8.14. The van der Waals surface area contributed by atoms with Gasteiger partial charge in [0, 0.05) is 21.0 Å². The topological polar surface area (TPSA) is 32.7 Å². The highest BCUT2D eigenvalue weighted by atomic mass is 16.1. The molecular formula is C6H12N2O. The van der Waals surface area contributed by atoms with Gasteiger partial charge in [-0.25, -0.2) is 4.99 Å². The summed E-state index contributed by atoms with van der Waals surface area (Å²) in [5, 5.41) is 0. The first-order valence-electron chi connectivity index (χ1n) is 2.77. The molecule has 0 atom stereocenters. The summed E-state index contributed by atoms with van der Waals surface area (Å²) in [7, 11) is 3.70. The van der Waals surface area contributed by atoms with Gasteiger partial charge in [0.05, 0.1) is 0 Å². The molecule has 0 rings (SSSR count). The predicted molar refractivity (Wildman–Crippen MR) is 37.5 cm³/mol. The quantitative estimate of drug-likeness (QED) is 0.352. The van der Waals surface area contributed by atoms with E-state index in [1.807, 2.05) is 14.1 Å². The van der Waals surface area contributed by atoms with E-state index in [0.29, 0.717) is 0 Å². The lowest BCUT2D eigenvalue weighted by Gasteiger charge is -2.08. The molecule has 0 N–H and O–H groups in total. The molecule has 0 saturated heterocycles. The fourth-order valence-electron chi connectivity index (χ4n) is 0.328. The Bertz CT molecular complexity index is 138. The SMILES string of the molecule is CC(=O)/N=C(/C)N(C)C. The summed E-state index contributed by atoms with van der Waals surface area (Å²) in [5.74, 6) is 0.587. The first-order chi connectivity index (χ1) is 4.04. The second-order valence-electron chi connectivity index (χ2n) is 2.07. The van der Waals surface area contributed by atoms with Crippen LogP contribution in [0.25, 0.3) is 0 Å². The Morgan fingerprint density at radius 3 is 1.89 bits per heavy atom. The van der Waals surface area contributed by atoms with Crippen molar-refractivity contribution in [2.24, 2.45) is 4.99 Å². The van der Waals surface area contributed by atoms with E-state index >= 15 is 0 Å². The van der Waals surface area contributed by atoms with E-state index in [9.17, 15) is 4.79 Å². The van der Waals surface area contributed by atoms with Gasteiger partial charge in [0.25, 0.3) is 0 Å². The molecule has 0 bridgehead atoms. The third-order valence-electron chi connectivity index (χ3n) is 0.966. The van der Waals surface area contributed by atoms with Crippen molar-refractivity contribution in [2.75, 3.05) is 14.1 Å². The van der Waals surface area contributed by atoms with Crippen molar-refractivity contribution < 1.29 is 4.79 Å². The number of amides is 1. The molecule has 3 heteroatoms. The molecule has 0 unspecified atom stereocenters. The molecule has 9 heavy (non-hydrogen) atoms. The van der Waals surface area contributed by atoms with Crippen LogP contribution in [0.3, 0.4) is 0 Å². The largest absolute Gasteiger partial charge is 0.366 e. The zero-order valence-electron chi connectivity index (χ0n) is 6.30. The summed E-state index contributed by atoms with van der Waals surface area (Å²) in [6, 6.07) is 0. The molecule has 0 heterocycles. The number of carbonyl (C=O) groups excluding carboxylic acids is 1. The van der Waals surface area contributed by atoms with Crippen molar-refractivity contribution in [1.29, 1.82) is 0 Å². The van der Waals surface area contributed by atoms with Crippen LogP contribution < -0.4 is 0 Å². The van der Waals surface area contributed by atoms with Gasteiger partial charge in [-0.2, -0.15) is 0 Å². The van der Waals surface area contributed by atoms with Crippen LogP contribution in [0.2, 0.25) is 0 Å². The third kappa shape index (κ3) is 3.70. The molecular weight excluding hydrogens is 116 g/mol. The van der Waals surface area contributed by atoms with Crippen LogP contribution >= 0.6 is 0 Å². The Labute approximate surface area is 55.4 Å². The fourth-order valence-corrected chi connectivity index (χ4v) is 0.328. The van der Waals surface area contributed by atoms with Crippen LogP contribution in [0, 0.1) is 0 Å². The van der Waals surface area contributed by atoms with Gasteiger partial charge in [0.2, 0.25) is 5.91 Å². The average Bonchev–Trinajstić information content (AvgIpc) is 1.63. The molecule has 3 nitrogen and oxygen atoms in total. The Morgan fingerprint density at radius 2 is 1.78 bits per heavy atom. The van der Waals surface area contributed by atoms with Gasteiger partial charge in [-0.3, -0.25) is 4.79 Å². The molecule has 0 aliphatic carbocycles. The second kappa shape index (κ2) is 3.22. The van der Waals surface area contributed by atoms with Crippen LogP contribution in [0.15, 0.2) is 4.99 Å². The van der Waals surface area contributed by atoms with Crippen LogP contribution in [-0.4, -0.2) is 30.7 Å². The van der Waals surface area contributed by atoms with Crippen molar-refractivity contribution in [2.45, 2.75) is 13.8 Å². The minimum Gasteiger partial charge on any atom is -0.366 e. The van der Waals surface area contributed by atoms with E-state index in [2.05, 4.69) is 4.99 Å². The van der Waals surface area contributed by atoms with Crippen molar-refractivity contribution in [3.05, 3.63) is 0 Å². The standard InChI is InChI=1S/C6H12N2O/c1-5(8(3)4)7-6(2)9/h1-4H3/b7-5-. The van der Waals surface area contributed by atoms with E-state index in [1.165, 1.54) is 6.92 Å². The third-order valence-corrected chi connectivity index (χ3v) is 0.966. The molecule has 0 fully saturated rings. The number of rotatable bonds is 0. The van der Waals surface area contributed by atoms with Crippen LogP contribution in [0.4, 0.5) is 0 Å². The molecule has 0 spiro atoms. The van der Waals surface area contributed by atoms with E-state index in [4.69, 9.17) is 0 Å². The number of nitrogens with zero attached hydrogens (tertiary/aromatic N) is 2. The first-order valence-corrected chi connectivity index (χ1v) is 2.77. The summed E-state index contributed by atoms with van der Waals surface area (Å²) < 4.78 is 0. The van der Waals surface area contributed by atoms with Gasteiger partial charge in [-0.05, 0) is 6.92 Å². The normalized spacial score (nSPS) is 11.3. The minimum atomic E-state index is -0.152. The zero-order chi connectivity index (χ0) is 7.44. The van der Waals surface area contributed by atoms with Crippen LogP contribution in [-0.2, 0) is 4.79 Å². The van der Waals surface area contributed by atoms with Gasteiger partial charge >= 0.3 is 0 Å². The Morgan fingerprint density at radius 1 is 1.33 bits per heavy atom. The van der Waals surface area contributed by atoms with Gasteiger partial charge in [0.15, 0.2) is 0 Å². The summed E-state index contributed by atoms with van der Waals surface area (Å²) in [6.07, 6.45) is 0. The van der Waals surface area contributed by atoms with Crippen LogP contribution in [0.1, 0.15) is 13.8 Å². The van der Waals surface area contributed by atoms with E-state index < -0.39 is 0 Å². The number of carbonyl (C=O) groups is 1. The maximum atomic E-state index is 10.3. The van der Waals surface area contributed by atoms with E-state index in [0.717, 1.165) is 5.84 Å². The number of aliphatic imine (C=N–C) groups is 1. The monoisotopic (exact) mass is 128 g/mol. The Hall–Kier alpha value is -0.860. The van der Waals surface area contributed by atoms with Gasteiger partial charge in [0.1, 0.15) is 5.84 Å². The van der Waals surface area contributed by atoms with E-state index in [1.54, 1.807) is 11.8 Å². The lowest BCUT2D eigenvalue weighted by atomic mass is 10.6. The van der Waals surface area contributed by atoms with Crippen molar-refractivity contribution in [3.63, 3.8) is 0 Å². The fraction of sp³-hybridized carbons (Fsp3) is 0.667. The number of amidine groups is 1. The highest BCUT2D eigenvalue weighted by Gasteiger charge is 1.92. The van der Waals surface area contributed by atoms with Crippen molar-refractivity contribution in [3.8, 4) is 0 Å². The van der Waals surface area contributed by atoms with Gasteiger partial charge in [-0.1, -0.05) is 0 Å². The molecule has 0 aliphatic rings. The zero-order valence-corrected chi connectivity index (χ0v) is 6.30. The molecule has 52 valence electrons. The number of hydrogen-bond donors (Lipinski definition) is 0. The molecule has 0 radical (unpaired) electrons. The summed E-state index contributed by atoms with van der Waals surface area (Å²) >= 11 is 0. The van der Waals surface area contributed by atoms with Gasteiger partial charge in [-0.15, -0.1) is 0 Å². The smallest absolute Gasteiger partial charge is 0.244 e. The van der Waals surface area contributed by atoms with Crippen molar-refractivity contribution in [1.82, 2.24) is 4.90 Å². The summed E-state index contributed by atoms with van der Waals surface area (Å²) in [6.45, 7) is 3.23. The van der Waals surface area contributed by atoms with Crippen molar-refractivity contribution >= 4 is 11.7 Å². The highest BCUT2D eigenvalue weighted by molar-refractivity contribution is 5.91. The molecule has 0 aromatic rings. The maximum absolute atomic E-state index is 10.3. The minimum absolute atomic E-state index is 0.152. The lowest BCUT2D eigenvalue weighted by Crippen LogP contribution is -2.19. The van der Waals surface area contributed by atoms with Crippen LogP contribution in [0.5, 0.6) is 0 Å². The lowest BCUT2D eigenvalue weighted by molar-refractivity contribution is -0.115. The number of hydrogen-bond acceptors (Lipinski definition) is 1. The Kier molecular flexibility index (Phi) is 2.91. The maximum Gasteiger partial charge on any atom is 0.244 e. The highest BCUT2D eigenvalue weighted by Crippen LogP contribution is 1.82. The predicted octanol–water partition coefficient (Wildman–Crippen LogP) is 0.513. The molecule has 0 saturated carbocycles. The van der Waals surface area contributed by atoms with Gasteiger partial charge < -0.3 is 4.90 Å². The molecule has 0 aliphatic heterocycles. The molecule has 0 aromatic heterocycles. The summed E-state index contributed by atoms with van der Waals surface area (Å²) in [4.78, 5) is 15.8. The second-order valence-corrected chi connectivity index (χ2v) is 2.07. The Balaban J connectivity index is 4.00.